The quantitative estimate of drug-likeness (QED) is 0.845. The smallest absolute Gasteiger partial charge is 0.261 e. The van der Waals surface area contributed by atoms with Gasteiger partial charge >= 0.3 is 0 Å². The van der Waals surface area contributed by atoms with Gasteiger partial charge in [-0.05, 0) is 51.4 Å². The van der Waals surface area contributed by atoms with Crippen LogP contribution in [0.25, 0.3) is 10.9 Å². The van der Waals surface area contributed by atoms with Crippen molar-refractivity contribution in [2.24, 2.45) is 5.92 Å². The van der Waals surface area contributed by atoms with Crippen molar-refractivity contribution in [2.75, 3.05) is 33.7 Å². The maximum Gasteiger partial charge on any atom is 0.261 e. The molecule has 1 aromatic heterocycles. The standard InChI is InChI=1S/C19H26N4O2/c1-14-5-4-6-16-18(14)20-13-23(19(16)25)12-17(24)22-9-7-15(8-10-22)11-21(2)3/h4-6,13,15H,7-12H2,1-3H3. The van der Waals surface area contributed by atoms with Crippen LogP contribution in [0.5, 0.6) is 0 Å². The molecule has 0 saturated carbocycles. The molecule has 2 aromatic rings. The first-order valence-corrected chi connectivity index (χ1v) is 8.83. The first-order chi connectivity index (χ1) is 12.0. The van der Waals surface area contributed by atoms with Gasteiger partial charge in [-0.15, -0.1) is 0 Å². The van der Waals surface area contributed by atoms with Crippen LogP contribution >= 0.6 is 0 Å². The average molecular weight is 342 g/mol. The molecule has 6 nitrogen and oxygen atoms in total. The van der Waals surface area contributed by atoms with Crippen LogP contribution in [0.3, 0.4) is 0 Å². The Morgan fingerprint density at radius 1 is 1.28 bits per heavy atom. The van der Waals surface area contributed by atoms with Crippen LogP contribution in [-0.2, 0) is 11.3 Å². The van der Waals surface area contributed by atoms with Gasteiger partial charge in [0.2, 0.25) is 5.91 Å². The second-order valence-electron chi connectivity index (χ2n) is 7.24. The maximum absolute atomic E-state index is 12.6. The molecule has 134 valence electrons. The number of aryl methyl sites for hydroxylation is 1. The minimum Gasteiger partial charge on any atom is -0.341 e. The summed E-state index contributed by atoms with van der Waals surface area (Å²) in [6.07, 6.45) is 3.54. The van der Waals surface area contributed by atoms with E-state index in [0.717, 1.165) is 38.0 Å². The average Bonchev–Trinajstić information content (AvgIpc) is 2.58. The van der Waals surface area contributed by atoms with E-state index in [2.05, 4.69) is 24.0 Å². The topological polar surface area (TPSA) is 58.4 Å². The normalized spacial score (nSPS) is 15.9. The van der Waals surface area contributed by atoms with E-state index in [4.69, 9.17) is 0 Å². The monoisotopic (exact) mass is 342 g/mol. The van der Waals surface area contributed by atoms with E-state index >= 15 is 0 Å². The SMILES string of the molecule is Cc1cccc2c(=O)n(CC(=O)N3CCC(CN(C)C)CC3)cnc12. The Balaban J connectivity index is 1.69. The maximum atomic E-state index is 12.6. The lowest BCUT2D eigenvalue weighted by atomic mass is 9.96. The molecule has 0 N–H and O–H groups in total. The molecule has 0 bridgehead atoms. The fourth-order valence-electron chi connectivity index (χ4n) is 3.58. The zero-order chi connectivity index (χ0) is 18.0. The van der Waals surface area contributed by atoms with Crippen LogP contribution in [-0.4, -0.2) is 59.0 Å². The van der Waals surface area contributed by atoms with Crippen LogP contribution in [0, 0.1) is 12.8 Å². The van der Waals surface area contributed by atoms with Gasteiger partial charge in [-0.3, -0.25) is 14.2 Å². The third kappa shape index (κ3) is 3.90. The molecule has 6 heteroatoms. The van der Waals surface area contributed by atoms with Crippen molar-refractivity contribution in [3.8, 4) is 0 Å². The Labute approximate surface area is 148 Å². The number of hydrogen-bond donors (Lipinski definition) is 0. The van der Waals surface area contributed by atoms with Gasteiger partial charge in [0.15, 0.2) is 0 Å². The Morgan fingerprint density at radius 2 is 2.00 bits per heavy atom. The number of fused-ring (bicyclic) bond motifs is 1. The molecule has 0 atom stereocenters. The molecule has 0 spiro atoms. The molecule has 2 heterocycles. The molecule has 3 rings (SSSR count). The van der Waals surface area contributed by atoms with Gasteiger partial charge in [0.05, 0.1) is 17.2 Å². The van der Waals surface area contributed by atoms with Gasteiger partial charge in [-0.2, -0.15) is 0 Å². The number of amides is 1. The highest BCUT2D eigenvalue weighted by Crippen LogP contribution is 2.18. The highest BCUT2D eigenvalue weighted by atomic mass is 16.2. The minimum absolute atomic E-state index is 0.000735. The summed E-state index contributed by atoms with van der Waals surface area (Å²) in [5.74, 6) is 0.645. The molecule has 1 aliphatic rings. The molecule has 0 radical (unpaired) electrons. The van der Waals surface area contributed by atoms with E-state index in [9.17, 15) is 9.59 Å². The lowest BCUT2D eigenvalue weighted by molar-refractivity contribution is -0.133. The fraction of sp³-hybridized carbons (Fsp3) is 0.526. The largest absolute Gasteiger partial charge is 0.341 e. The lowest BCUT2D eigenvalue weighted by Gasteiger charge is -2.33. The van der Waals surface area contributed by atoms with Crippen molar-refractivity contribution in [2.45, 2.75) is 26.3 Å². The molecule has 0 aliphatic carbocycles. The van der Waals surface area contributed by atoms with Crippen LogP contribution < -0.4 is 5.56 Å². The van der Waals surface area contributed by atoms with Crippen molar-refractivity contribution in [3.63, 3.8) is 0 Å². The van der Waals surface area contributed by atoms with E-state index < -0.39 is 0 Å². The van der Waals surface area contributed by atoms with Crippen LogP contribution in [0.15, 0.2) is 29.3 Å². The number of para-hydroxylation sites is 1. The Bertz CT molecular complexity index is 820. The molecule has 1 saturated heterocycles. The molecule has 1 aliphatic heterocycles. The Kier molecular flexibility index (Phi) is 5.18. The highest BCUT2D eigenvalue weighted by Gasteiger charge is 2.23. The van der Waals surface area contributed by atoms with Crippen LogP contribution in [0.1, 0.15) is 18.4 Å². The highest BCUT2D eigenvalue weighted by molar-refractivity contribution is 5.81. The van der Waals surface area contributed by atoms with E-state index in [1.165, 1.54) is 10.9 Å². The van der Waals surface area contributed by atoms with Crippen molar-refractivity contribution in [1.29, 1.82) is 0 Å². The fourth-order valence-corrected chi connectivity index (χ4v) is 3.58. The number of piperidine rings is 1. The van der Waals surface area contributed by atoms with Crippen LogP contribution in [0.2, 0.25) is 0 Å². The summed E-state index contributed by atoms with van der Waals surface area (Å²) in [5.41, 5.74) is 1.53. The summed E-state index contributed by atoms with van der Waals surface area (Å²) in [6, 6.07) is 5.55. The molecular formula is C19H26N4O2. The number of rotatable bonds is 4. The number of carbonyl (C=O) groups is 1. The predicted octanol–water partition coefficient (Wildman–Crippen LogP) is 1.51. The third-order valence-electron chi connectivity index (χ3n) is 4.95. The molecule has 1 aromatic carbocycles. The van der Waals surface area contributed by atoms with Crippen molar-refractivity contribution in [3.05, 3.63) is 40.4 Å². The number of aromatic nitrogens is 2. The van der Waals surface area contributed by atoms with Gasteiger partial charge in [-0.25, -0.2) is 4.98 Å². The number of likely N-dealkylation sites (tertiary alicyclic amines) is 1. The van der Waals surface area contributed by atoms with Crippen molar-refractivity contribution >= 4 is 16.8 Å². The van der Waals surface area contributed by atoms with E-state index in [1.807, 2.05) is 24.0 Å². The van der Waals surface area contributed by atoms with Crippen molar-refractivity contribution in [1.82, 2.24) is 19.4 Å². The van der Waals surface area contributed by atoms with Gasteiger partial charge in [-0.1, -0.05) is 12.1 Å². The zero-order valence-corrected chi connectivity index (χ0v) is 15.2. The van der Waals surface area contributed by atoms with Crippen molar-refractivity contribution < 1.29 is 4.79 Å². The van der Waals surface area contributed by atoms with Gasteiger partial charge in [0.25, 0.3) is 5.56 Å². The molecule has 1 fully saturated rings. The Morgan fingerprint density at radius 3 is 2.68 bits per heavy atom. The first kappa shape index (κ1) is 17.6. The Hall–Kier alpha value is -2.21. The summed E-state index contributed by atoms with van der Waals surface area (Å²) in [6.45, 7) is 4.60. The van der Waals surface area contributed by atoms with E-state index in [1.54, 1.807) is 6.07 Å². The minimum atomic E-state index is -0.149. The lowest BCUT2D eigenvalue weighted by Crippen LogP contribution is -2.43. The molecule has 25 heavy (non-hydrogen) atoms. The summed E-state index contributed by atoms with van der Waals surface area (Å²) >= 11 is 0. The summed E-state index contributed by atoms with van der Waals surface area (Å²) in [5, 5.41) is 0.569. The first-order valence-electron chi connectivity index (χ1n) is 8.83. The summed E-state index contributed by atoms with van der Waals surface area (Å²) in [7, 11) is 4.16. The number of nitrogens with zero attached hydrogens (tertiary/aromatic N) is 4. The van der Waals surface area contributed by atoms with E-state index in [0.29, 0.717) is 16.8 Å². The number of benzene rings is 1. The number of hydrogen-bond acceptors (Lipinski definition) is 4. The zero-order valence-electron chi connectivity index (χ0n) is 15.2. The molecule has 0 unspecified atom stereocenters. The van der Waals surface area contributed by atoms with Crippen LogP contribution in [0.4, 0.5) is 0 Å². The summed E-state index contributed by atoms with van der Waals surface area (Å²) < 4.78 is 1.43. The predicted molar refractivity (Wildman–Crippen MR) is 98.6 cm³/mol. The van der Waals surface area contributed by atoms with Gasteiger partial charge < -0.3 is 9.80 Å². The van der Waals surface area contributed by atoms with Gasteiger partial charge in [0, 0.05) is 19.6 Å². The summed E-state index contributed by atoms with van der Waals surface area (Å²) in [4.78, 5) is 33.6. The number of carbonyl (C=O) groups excluding carboxylic acids is 1. The van der Waals surface area contributed by atoms with Gasteiger partial charge in [0.1, 0.15) is 6.54 Å². The molecule has 1 amide bonds. The third-order valence-corrected chi connectivity index (χ3v) is 4.95. The second kappa shape index (κ2) is 7.35. The molecular weight excluding hydrogens is 316 g/mol. The second-order valence-corrected chi connectivity index (χ2v) is 7.24. The van der Waals surface area contributed by atoms with E-state index in [-0.39, 0.29) is 18.0 Å².